The van der Waals surface area contributed by atoms with Gasteiger partial charge in [0.15, 0.2) is 5.17 Å². The third-order valence-corrected chi connectivity index (χ3v) is 6.06. The summed E-state index contributed by atoms with van der Waals surface area (Å²) in [5, 5.41) is 9.89. The molecule has 2 N–H and O–H groups in total. The highest BCUT2D eigenvalue weighted by Crippen LogP contribution is 2.46. The molecule has 0 amide bonds. The van der Waals surface area contributed by atoms with Crippen LogP contribution in [0.2, 0.25) is 0 Å². The maximum atomic E-state index is 5.42. The van der Waals surface area contributed by atoms with Crippen molar-refractivity contribution in [2.24, 2.45) is 4.99 Å². The molecule has 4 heterocycles. The van der Waals surface area contributed by atoms with Gasteiger partial charge in [-0.25, -0.2) is 9.97 Å². The Morgan fingerprint density at radius 1 is 1.32 bits per heavy atom. The lowest BCUT2D eigenvalue weighted by molar-refractivity contribution is 0.388. The molecule has 1 saturated heterocycles. The van der Waals surface area contributed by atoms with Gasteiger partial charge in [-0.05, 0) is 42.1 Å². The number of ether oxygens (including phenoxy) is 1. The molecule has 3 aliphatic rings. The Labute approximate surface area is 168 Å². The zero-order chi connectivity index (χ0) is 18.9. The summed E-state index contributed by atoms with van der Waals surface area (Å²) < 4.78 is 5.42. The number of hydrogen-bond acceptors (Lipinski definition) is 8. The third-order valence-electron chi connectivity index (χ3n) is 5.27. The van der Waals surface area contributed by atoms with Crippen LogP contribution in [-0.4, -0.2) is 46.3 Å². The Bertz CT molecular complexity index is 926. The van der Waals surface area contributed by atoms with E-state index < -0.39 is 0 Å². The summed E-state index contributed by atoms with van der Waals surface area (Å²) in [6.07, 6.45) is 5.01. The second-order valence-corrected chi connectivity index (χ2v) is 7.90. The molecule has 28 heavy (non-hydrogen) atoms. The van der Waals surface area contributed by atoms with Crippen molar-refractivity contribution in [2.75, 3.05) is 25.5 Å². The minimum atomic E-state index is -0.0431. The van der Waals surface area contributed by atoms with Crippen molar-refractivity contribution in [3.8, 4) is 5.75 Å². The summed E-state index contributed by atoms with van der Waals surface area (Å²) in [5.74, 6) is 1.52. The van der Waals surface area contributed by atoms with Crippen molar-refractivity contribution in [2.45, 2.75) is 24.5 Å². The van der Waals surface area contributed by atoms with E-state index in [-0.39, 0.29) is 12.1 Å². The predicted octanol–water partition coefficient (Wildman–Crippen LogP) is 2.93. The fourth-order valence-corrected chi connectivity index (χ4v) is 4.67. The number of thioether (sulfide) groups is 1. The Kier molecular flexibility index (Phi) is 4.66. The fraction of sp³-hybridized carbons (Fsp3) is 0.350. The van der Waals surface area contributed by atoms with Gasteiger partial charge in [0.25, 0.3) is 0 Å². The van der Waals surface area contributed by atoms with Crippen molar-refractivity contribution >= 4 is 22.9 Å². The summed E-state index contributed by atoms with van der Waals surface area (Å²) in [6, 6.07) is 10.5. The van der Waals surface area contributed by atoms with Crippen molar-refractivity contribution < 1.29 is 4.74 Å². The number of anilines is 1. The van der Waals surface area contributed by atoms with Crippen LogP contribution in [0.5, 0.6) is 5.75 Å². The Hall–Kier alpha value is -2.58. The molecule has 0 saturated carbocycles. The SMILES string of the molecule is COc1cccc(C2N=C3SC=CN3C2c2ccnc(N[C@@H]3CCNC3)n2)c1. The maximum absolute atomic E-state index is 5.42. The van der Waals surface area contributed by atoms with Crippen LogP contribution < -0.4 is 15.4 Å². The van der Waals surface area contributed by atoms with Gasteiger partial charge in [-0.15, -0.1) is 0 Å². The molecule has 0 aliphatic carbocycles. The number of methoxy groups -OCH3 is 1. The molecule has 3 atom stereocenters. The highest BCUT2D eigenvalue weighted by molar-refractivity contribution is 8.16. The maximum Gasteiger partial charge on any atom is 0.223 e. The smallest absolute Gasteiger partial charge is 0.223 e. The van der Waals surface area contributed by atoms with E-state index >= 15 is 0 Å². The zero-order valence-electron chi connectivity index (χ0n) is 15.6. The van der Waals surface area contributed by atoms with Crippen LogP contribution in [0.15, 0.2) is 53.1 Å². The Morgan fingerprint density at radius 2 is 2.29 bits per heavy atom. The van der Waals surface area contributed by atoms with Gasteiger partial charge in [-0.3, -0.25) is 4.99 Å². The van der Waals surface area contributed by atoms with E-state index in [9.17, 15) is 0 Å². The summed E-state index contributed by atoms with van der Waals surface area (Å²) in [6.45, 7) is 1.98. The lowest BCUT2D eigenvalue weighted by Crippen LogP contribution is -2.26. The van der Waals surface area contributed by atoms with E-state index in [1.54, 1.807) is 18.9 Å². The molecular weight excluding hydrogens is 372 g/mol. The second kappa shape index (κ2) is 7.44. The molecule has 0 bridgehead atoms. The third kappa shape index (κ3) is 3.22. The number of amidine groups is 1. The molecule has 5 rings (SSSR count). The Morgan fingerprint density at radius 3 is 3.14 bits per heavy atom. The van der Waals surface area contributed by atoms with E-state index in [4.69, 9.17) is 14.7 Å². The monoisotopic (exact) mass is 394 g/mol. The summed E-state index contributed by atoms with van der Waals surface area (Å²) >= 11 is 1.65. The first-order valence-electron chi connectivity index (χ1n) is 9.45. The molecular formula is C20H22N6OS. The largest absolute Gasteiger partial charge is 0.497 e. The van der Waals surface area contributed by atoms with Gasteiger partial charge in [0, 0.05) is 25.0 Å². The average molecular weight is 395 g/mol. The van der Waals surface area contributed by atoms with Crippen LogP contribution in [0.4, 0.5) is 5.95 Å². The number of fused-ring (bicyclic) bond motifs is 1. The quantitative estimate of drug-likeness (QED) is 0.808. The molecule has 7 nitrogen and oxygen atoms in total. The van der Waals surface area contributed by atoms with Crippen LogP contribution in [0, 0.1) is 0 Å². The standard InChI is InChI=1S/C20H22N6OS/c1-27-15-4-2-3-13(11-15)17-18(26-9-10-28-20(26)25-17)16-6-8-22-19(24-16)23-14-5-7-21-12-14/h2-4,6,8-11,14,17-18,21H,5,7,12H2,1H3,(H,22,23,24)/t14-,17?,18?/m1/s1. The van der Waals surface area contributed by atoms with Gasteiger partial charge in [-0.2, -0.15) is 0 Å². The van der Waals surface area contributed by atoms with Crippen LogP contribution in [0.3, 0.4) is 0 Å². The first kappa shape index (κ1) is 17.5. The molecule has 0 radical (unpaired) electrons. The molecule has 3 aliphatic heterocycles. The number of nitrogens with zero attached hydrogens (tertiary/aromatic N) is 4. The number of aromatic nitrogens is 2. The van der Waals surface area contributed by atoms with Gasteiger partial charge < -0.3 is 20.3 Å². The zero-order valence-corrected chi connectivity index (χ0v) is 16.4. The number of nitrogens with one attached hydrogen (secondary N) is 2. The minimum absolute atomic E-state index is 0.00129. The first-order valence-corrected chi connectivity index (χ1v) is 10.3. The number of rotatable bonds is 5. The molecule has 2 unspecified atom stereocenters. The summed E-state index contributed by atoms with van der Waals surface area (Å²) in [5.41, 5.74) is 2.08. The van der Waals surface area contributed by atoms with Gasteiger partial charge in [-0.1, -0.05) is 23.9 Å². The van der Waals surface area contributed by atoms with Crippen molar-refractivity contribution in [3.05, 3.63) is 59.4 Å². The normalized spacial score (nSPS) is 25.7. The van der Waals surface area contributed by atoms with Crippen LogP contribution in [0.1, 0.15) is 29.8 Å². The molecule has 2 aromatic rings. The van der Waals surface area contributed by atoms with Crippen LogP contribution in [0.25, 0.3) is 0 Å². The van der Waals surface area contributed by atoms with Crippen molar-refractivity contribution in [1.29, 1.82) is 0 Å². The average Bonchev–Trinajstić information content (AvgIpc) is 3.45. The van der Waals surface area contributed by atoms with E-state index in [0.29, 0.717) is 12.0 Å². The lowest BCUT2D eigenvalue weighted by Gasteiger charge is -2.25. The van der Waals surface area contributed by atoms with E-state index in [2.05, 4.69) is 44.3 Å². The molecule has 1 aromatic carbocycles. The molecule has 1 aromatic heterocycles. The number of benzene rings is 1. The van der Waals surface area contributed by atoms with Gasteiger partial charge >= 0.3 is 0 Å². The molecule has 144 valence electrons. The summed E-state index contributed by atoms with van der Waals surface area (Å²) in [7, 11) is 1.69. The molecule has 0 spiro atoms. The predicted molar refractivity (Wildman–Crippen MR) is 111 cm³/mol. The number of aliphatic imine (C=N–C) groups is 1. The molecule has 8 heteroatoms. The van der Waals surface area contributed by atoms with Gasteiger partial charge in [0.2, 0.25) is 5.95 Å². The van der Waals surface area contributed by atoms with Crippen molar-refractivity contribution in [1.82, 2.24) is 20.2 Å². The van der Waals surface area contributed by atoms with Crippen molar-refractivity contribution in [3.63, 3.8) is 0 Å². The van der Waals surface area contributed by atoms with Crippen LogP contribution in [-0.2, 0) is 0 Å². The minimum Gasteiger partial charge on any atom is -0.497 e. The topological polar surface area (TPSA) is 74.7 Å². The lowest BCUT2D eigenvalue weighted by atomic mass is 9.97. The second-order valence-electron chi connectivity index (χ2n) is 7.03. The number of hydrogen-bond donors (Lipinski definition) is 2. The van der Waals surface area contributed by atoms with Gasteiger partial charge in [0.05, 0.1) is 12.8 Å². The highest BCUT2D eigenvalue weighted by Gasteiger charge is 2.40. The summed E-state index contributed by atoms with van der Waals surface area (Å²) in [4.78, 5) is 16.5. The van der Waals surface area contributed by atoms with Crippen LogP contribution >= 0.6 is 11.8 Å². The first-order chi connectivity index (χ1) is 13.8. The van der Waals surface area contributed by atoms with E-state index in [1.165, 1.54) is 0 Å². The van der Waals surface area contributed by atoms with E-state index in [0.717, 1.165) is 41.7 Å². The Balaban J connectivity index is 1.48. The van der Waals surface area contributed by atoms with Gasteiger partial charge in [0.1, 0.15) is 17.8 Å². The molecule has 1 fully saturated rings. The highest BCUT2D eigenvalue weighted by atomic mass is 32.2. The van der Waals surface area contributed by atoms with E-state index in [1.807, 2.05) is 24.4 Å². The fourth-order valence-electron chi connectivity index (χ4n) is 3.89.